The Bertz CT molecular complexity index is 863. The zero-order valence-electron chi connectivity index (χ0n) is 14.3. The van der Waals surface area contributed by atoms with Crippen molar-refractivity contribution in [3.8, 4) is 0 Å². The van der Waals surface area contributed by atoms with Gasteiger partial charge in [0.25, 0.3) is 0 Å². The van der Waals surface area contributed by atoms with Gasteiger partial charge in [0.05, 0.1) is 5.92 Å². The lowest BCUT2D eigenvalue weighted by atomic mass is 10.1. The van der Waals surface area contributed by atoms with E-state index < -0.39 is 0 Å². The highest BCUT2D eigenvalue weighted by molar-refractivity contribution is 5.59. The second kappa shape index (κ2) is 6.51. The number of benzene rings is 1. The quantitative estimate of drug-likeness (QED) is 0.783. The minimum atomic E-state index is 0.252. The maximum absolute atomic E-state index is 5.33. The maximum Gasteiger partial charge on any atom is 0.231 e. The summed E-state index contributed by atoms with van der Waals surface area (Å²) in [5, 5.41) is 7.23. The van der Waals surface area contributed by atoms with Crippen LogP contribution in [0.1, 0.15) is 29.9 Å². The molecule has 0 bridgehead atoms. The zero-order valence-corrected chi connectivity index (χ0v) is 14.3. The van der Waals surface area contributed by atoms with Gasteiger partial charge < -0.3 is 14.7 Å². The Hall–Kier alpha value is -2.96. The lowest BCUT2D eigenvalue weighted by molar-refractivity contribution is 0.356. The predicted octanol–water partition coefficient (Wildman–Crippen LogP) is 3.21. The van der Waals surface area contributed by atoms with E-state index in [1.165, 1.54) is 0 Å². The Morgan fingerprint density at radius 3 is 2.68 bits per heavy atom. The number of nitrogens with one attached hydrogen (secondary N) is 1. The summed E-state index contributed by atoms with van der Waals surface area (Å²) in [4.78, 5) is 15.7. The molecule has 7 heteroatoms. The number of aryl methyl sites for hydroxylation is 2. The Balaban J connectivity index is 1.52. The SMILES string of the molecule is Cc1nc(Nc2ccccc2)cc(N2CCC(c3nc(C)no3)C2)n1. The molecular formula is C18H20N6O. The van der Waals surface area contributed by atoms with Crippen LogP contribution in [0.4, 0.5) is 17.3 Å². The van der Waals surface area contributed by atoms with Gasteiger partial charge in [-0.25, -0.2) is 9.97 Å². The van der Waals surface area contributed by atoms with E-state index >= 15 is 0 Å². The first-order chi connectivity index (χ1) is 12.2. The van der Waals surface area contributed by atoms with Crippen LogP contribution in [0.15, 0.2) is 40.9 Å². The average molecular weight is 336 g/mol. The van der Waals surface area contributed by atoms with E-state index in [-0.39, 0.29) is 5.92 Å². The predicted molar refractivity (Wildman–Crippen MR) is 95.1 cm³/mol. The summed E-state index contributed by atoms with van der Waals surface area (Å²) in [6.45, 7) is 5.49. The Kier molecular flexibility index (Phi) is 4.05. The molecule has 3 heterocycles. The van der Waals surface area contributed by atoms with Gasteiger partial charge in [0.1, 0.15) is 17.5 Å². The van der Waals surface area contributed by atoms with Crippen molar-refractivity contribution in [3.05, 3.63) is 53.9 Å². The first-order valence-corrected chi connectivity index (χ1v) is 8.40. The summed E-state index contributed by atoms with van der Waals surface area (Å²) < 4.78 is 5.33. The maximum atomic E-state index is 5.33. The molecule has 7 nitrogen and oxygen atoms in total. The van der Waals surface area contributed by atoms with Crippen LogP contribution in [0, 0.1) is 13.8 Å². The Labute approximate surface area is 146 Å². The fourth-order valence-corrected chi connectivity index (χ4v) is 3.10. The van der Waals surface area contributed by atoms with Gasteiger partial charge in [-0.05, 0) is 32.4 Å². The van der Waals surface area contributed by atoms with Crippen LogP contribution in [-0.4, -0.2) is 33.2 Å². The van der Waals surface area contributed by atoms with E-state index in [4.69, 9.17) is 4.52 Å². The van der Waals surface area contributed by atoms with E-state index in [1.807, 2.05) is 50.2 Å². The van der Waals surface area contributed by atoms with Gasteiger partial charge in [-0.1, -0.05) is 23.4 Å². The molecule has 3 aromatic rings. The van der Waals surface area contributed by atoms with Crippen molar-refractivity contribution >= 4 is 17.3 Å². The molecule has 1 fully saturated rings. The summed E-state index contributed by atoms with van der Waals surface area (Å²) in [7, 11) is 0. The highest BCUT2D eigenvalue weighted by atomic mass is 16.5. The number of para-hydroxylation sites is 1. The highest BCUT2D eigenvalue weighted by Gasteiger charge is 2.29. The molecule has 1 N–H and O–H groups in total. The third kappa shape index (κ3) is 3.45. The van der Waals surface area contributed by atoms with Crippen LogP contribution < -0.4 is 10.2 Å². The van der Waals surface area contributed by atoms with Gasteiger partial charge in [-0.15, -0.1) is 0 Å². The van der Waals surface area contributed by atoms with E-state index in [0.717, 1.165) is 42.7 Å². The van der Waals surface area contributed by atoms with Crippen molar-refractivity contribution in [1.82, 2.24) is 20.1 Å². The number of hydrogen-bond donors (Lipinski definition) is 1. The molecule has 1 saturated heterocycles. The molecule has 2 aromatic heterocycles. The van der Waals surface area contributed by atoms with Crippen molar-refractivity contribution in [2.45, 2.75) is 26.2 Å². The van der Waals surface area contributed by atoms with Crippen molar-refractivity contribution in [1.29, 1.82) is 0 Å². The molecular weight excluding hydrogens is 316 g/mol. The van der Waals surface area contributed by atoms with Gasteiger partial charge in [-0.2, -0.15) is 4.98 Å². The summed E-state index contributed by atoms with van der Waals surface area (Å²) in [6.07, 6.45) is 0.978. The molecule has 25 heavy (non-hydrogen) atoms. The normalized spacial score (nSPS) is 17.0. The van der Waals surface area contributed by atoms with Crippen LogP contribution in [-0.2, 0) is 0 Å². The van der Waals surface area contributed by atoms with Gasteiger partial charge in [0, 0.05) is 24.8 Å². The number of hydrogen-bond acceptors (Lipinski definition) is 7. The molecule has 0 spiro atoms. The van der Waals surface area contributed by atoms with Crippen molar-refractivity contribution in [2.75, 3.05) is 23.3 Å². The van der Waals surface area contributed by atoms with Gasteiger partial charge in [0.2, 0.25) is 5.89 Å². The lowest BCUT2D eigenvalue weighted by Gasteiger charge is -2.18. The van der Waals surface area contributed by atoms with Gasteiger partial charge in [-0.3, -0.25) is 0 Å². The third-order valence-corrected chi connectivity index (χ3v) is 4.28. The Morgan fingerprint density at radius 2 is 1.92 bits per heavy atom. The minimum Gasteiger partial charge on any atom is -0.356 e. The second-order valence-electron chi connectivity index (χ2n) is 6.26. The van der Waals surface area contributed by atoms with Crippen LogP contribution in [0.3, 0.4) is 0 Å². The number of aromatic nitrogens is 4. The molecule has 4 rings (SSSR count). The summed E-state index contributed by atoms with van der Waals surface area (Å²) in [6, 6.07) is 12.0. The average Bonchev–Trinajstić information content (AvgIpc) is 3.24. The van der Waals surface area contributed by atoms with Crippen LogP contribution in [0.2, 0.25) is 0 Å². The van der Waals surface area contributed by atoms with Gasteiger partial charge in [0.15, 0.2) is 5.82 Å². The van der Waals surface area contributed by atoms with Crippen LogP contribution >= 0.6 is 0 Å². The molecule has 1 unspecified atom stereocenters. The third-order valence-electron chi connectivity index (χ3n) is 4.28. The van der Waals surface area contributed by atoms with E-state index in [0.29, 0.717) is 11.7 Å². The first kappa shape index (κ1) is 15.6. The number of rotatable bonds is 4. The first-order valence-electron chi connectivity index (χ1n) is 8.40. The second-order valence-corrected chi connectivity index (χ2v) is 6.26. The molecule has 1 aliphatic rings. The van der Waals surface area contributed by atoms with Crippen molar-refractivity contribution in [2.24, 2.45) is 0 Å². The fraction of sp³-hybridized carbons (Fsp3) is 0.333. The number of anilines is 3. The molecule has 1 aliphatic heterocycles. The molecule has 128 valence electrons. The fourth-order valence-electron chi connectivity index (χ4n) is 3.10. The van der Waals surface area contributed by atoms with Gasteiger partial charge >= 0.3 is 0 Å². The van der Waals surface area contributed by atoms with Crippen molar-refractivity contribution in [3.63, 3.8) is 0 Å². The topological polar surface area (TPSA) is 80.0 Å². The van der Waals surface area contributed by atoms with E-state index in [1.54, 1.807) is 0 Å². The smallest absolute Gasteiger partial charge is 0.231 e. The highest BCUT2D eigenvalue weighted by Crippen LogP contribution is 2.30. The van der Waals surface area contributed by atoms with E-state index in [2.05, 4.69) is 30.3 Å². The standard InChI is InChI=1S/C18H20N6O/c1-12-19-16(22-15-6-4-3-5-7-15)10-17(20-12)24-9-8-14(11-24)18-21-13(2)23-25-18/h3-7,10,14H,8-9,11H2,1-2H3,(H,19,20,22). The summed E-state index contributed by atoms with van der Waals surface area (Å²) >= 11 is 0. The number of nitrogens with zero attached hydrogens (tertiary/aromatic N) is 5. The zero-order chi connectivity index (χ0) is 17.2. The molecule has 1 atom stereocenters. The summed E-state index contributed by atoms with van der Waals surface area (Å²) in [5.74, 6) is 4.11. The summed E-state index contributed by atoms with van der Waals surface area (Å²) in [5.41, 5.74) is 1.01. The monoisotopic (exact) mass is 336 g/mol. The largest absolute Gasteiger partial charge is 0.356 e. The molecule has 0 aliphatic carbocycles. The van der Waals surface area contributed by atoms with Crippen LogP contribution in [0.5, 0.6) is 0 Å². The Morgan fingerprint density at radius 1 is 1.08 bits per heavy atom. The lowest BCUT2D eigenvalue weighted by Crippen LogP contribution is -2.21. The molecule has 0 saturated carbocycles. The van der Waals surface area contributed by atoms with Crippen molar-refractivity contribution < 1.29 is 4.52 Å². The van der Waals surface area contributed by atoms with E-state index in [9.17, 15) is 0 Å². The molecule has 1 aromatic carbocycles. The van der Waals surface area contributed by atoms with Crippen LogP contribution in [0.25, 0.3) is 0 Å². The molecule has 0 amide bonds. The molecule has 0 radical (unpaired) electrons. The minimum absolute atomic E-state index is 0.252.